The summed E-state index contributed by atoms with van der Waals surface area (Å²) in [5.74, 6) is 2.25. The van der Waals surface area contributed by atoms with E-state index in [0.717, 1.165) is 5.56 Å². The van der Waals surface area contributed by atoms with Crippen LogP contribution in [0.25, 0.3) is 0 Å². The van der Waals surface area contributed by atoms with Crippen molar-refractivity contribution in [2.24, 2.45) is 0 Å². The van der Waals surface area contributed by atoms with Crippen molar-refractivity contribution in [3.63, 3.8) is 0 Å². The average molecular weight is 261 g/mol. The van der Waals surface area contributed by atoms with Gasteiger partial charge in [0.25, 0.3) is 0 Å². The van der Waals surface area contributed by atoms with Crippen LogP contribution in [0, 0.1) is 12.3 Å². The Hall–Kier alpha value is -1.99. The Labute approximate surface area is 113 Å². The van der Waals surface area contributed by atoms with Crippen molar-refractivity contribution in [3.05, 3.63) is 29.8 Å². The highest BCUT2D eigenvalue weighted by Gasteiger charge is 2.39. The van der Waals surface area contributed by atoms with Gasteiger partial charge in [-0.3, -0.25) is 5.32 Å². The zero-order chi connectivity index (χ0) is 14.3. The fourth-order valence-corrected chi connectivity index (χ4v) is 1.97. The third-order valence-electron chi connectivity index (χ3n) is 3.01. The van der Waals surface area contributed by atoms with E-state index in [1.807, 2.05) is 6.92 Å². The van der Waals surface area contributed by atoms with E-state index in [0.29, 0.717) is 13.0 Å². The van der Waals surface area contributed by atoms with Crippen LogP contribution in [-0.2, 0) is 15.1 Å². The molecule has 1 atom stereocenters. The summed E-state index contributed by atoms with van der Waals surface area (Å²) < 4.78 is 5.15. The van der Waals surface area contributed by atoms with Gasteiger partial charge in [0.05, 0.1) is 13.2 Å². The molecule has 0 aliphatic carbocycles. The van der Waals surface area contributed by atoms with Gasteiger partial charge in [0.15, 0.2) is 0 Å². The maximum absolute atomic E-state index is 12.3. The minimum Gasteiger partial charge on any atom is -0.508 e. The topological polar surface area (TPSA) is 58.6 Å². The summed E-state index contributed by atoms with van der Waals surface area (Å²) in [5, 5.41) is 12.4. The third-order valence-corrected chi connectivity index (χ3v) is 3.01. The largest absolute Gasteiger partial charge is 0.508 e. The summed E-state index contributed by atoms with van der Waals surface area (Å²) in [6, 6.07) is 6.46. The fourth-order valence-electron chi connectivity index (χ4n) is 1.97. The number of hydrogen-bond acceptors (Lipinski definition) is 4. The number of phenolic OH excluding ortho intramolecular Hbond substituents is 1. The van der Waals surface area contributed by atoms with E-state index in [2.05, 4.69) is 11.2 Å². The summed E-state index contributed by atoms with van der Waals surface area (Å²) >= 11 is 0. The lowest BCUT2D eigenvalue weighted by atomic mass is 9.87. The Balaban J connectivity index is 3.19. The Bertz CT molecular complexity index is 461. The Kier molecular flexibility index (Phi) is 5.40. The first-order valence-corrected chi connectivity index (χ1v) is 6.26. The van der Waals surface area contributed by atoms with Crippen molar-refractivity contribution in [1.29, 1.82) is 0 Å². The Morgan fingerprint density at radius 1 is 1.42 bits per heavy atom. The second kappa shape index (κ2) is 6.81. The Morgan fingerprint density at radius 3 is 2.53 bits per heavy atom. The third kappa shape index (κ3) is 3.27. The van der Waals surface area contributed by atoms with E-state index in [1.54, 1.807) is 19.1 Å². The lowest BCUT2D eigenvalue weighted by molar-refractivity contribution is -0.152. The van der Waals surface area contributed by atoms with Crippen LogP contribution in [0.2, 0.25) is 0 Å². The molecule has 0 heterocycles. The van der Waals surface area contributed by atoms with Gasteiger partial charge in [0, 0.05) is 0 Å². The molecular weight excluding hydrogens is 242 g/mol. The van der Waals surface area contributed by atoms with E-state index in [-0.39, 0.29) is 18.3 Å². The van der Waals surface area contributed by atoms with E-state index < -0.39 is 5.54 Å². The number of esters is 1. The molecular formula is C15H19NO3. The number of hydrogen-bond donors (Lipinski definition) is 2. The van der Waals surface area contributed by atoms with Crippen LogP contribution < -0.4 is 5.32 Å². The molecule has 0 bridgehead atoms. The van der Waals surface area contributed by atoms with Gasteiger partial charge in [-0.2, -0.15) is 0 Å². The van der Waals surface area contributed by atoms with Gasteiger partial charge in [-0.15, -0.1) is 6.42 Å². The van der Waals surface area contributed by atoms with Gasteiger partial charge in [0.1, 0.15) is 11.3 Å². The number of phenols is 1. The number of carbonyl (C=O) groups is 1. The van der Waals surface area contributed by atoms with E-state index >= 15 is 0 Å². The SMILES string of the molecule is C#CCNC(CC)(C(=O)OCC)c1ccc(O)cc1. The van der Waals surface area contributed by atoms with Crippen LogP contribution in [0.15, 0.2) is 24.3 Å². The first-order chi connectivity index (χ1) is 9.10. The van der Waals surface area contributed by atoms with Crippen LogP contribution in [0.3, 0.4) is 0 Å². The fraction of sp³-hybridized carbons (Fsp3) is 0.400. The lowest BCUT2D eigenvalue weighted by Gasteiger charge is -2.31. The van der Waals surface area contributed by atoms with Crippen LogP contribution >= 0.6 is 0 Å². The number of benzene rings is 1. The highest BCUT2D eigenvalue weighted by Crippen LogP contribution is 2.28. The molecule has 1 rings (SSSR count). The van der Waals surface area contributed by atoms with Crippen molar-refractivity contribution in [1.82, 2.24) is 5.32 Å². The van der Waals surface area contributed by atoms with Crippen LogP contribution in [0.5, 0.6) is 5.75 Å². The monoisotopic (exact) mass is 261 g/mol. The van der Waals surface area contributed by atoms with Crippen LogP contribution in [0.1, 0.15) is 25.8 Å². The second-order valence-corrected chi connectivity index (χ2v) is 4.08. The number of aromatic hydroxyl groups is 1. The first kappa shape index (κ1) is 15.1. The van der Waals surface area contributed by atoms with Crippen molar-refractivity contribution in [3.8, 4) is 18.1 Å². The normalized spacial score (nSPS) is 13.3. The average Bonchev–Trinajstić information content (AvgIpc) is 2.42. The molecule has 2 N–H and O–H groups in total. The van der Waals surface area contributed by atoms with Crippen molar-refractivity contribution in [2.75, 3.05) is 13.2 Å². The number of terminal acetylenes is 1. The molecule has 1 aromatic rings. The van der Waals surface area contributed by atoms with E-state index in [4.69, 9.17) is 11.2 Å². The molecule has 0 fully saturated rings. The predicted octanol–water partition coefficient (Wildman–Crippen LogP) is 1.78. The smallest absolute Gasteiger partial charge is 0.331 e. The minimum absolute atomic E-state index is 0.148. The Morgan fingerprint density at radius 2 is 2.05 bits per heavy atom. The molecule has 0 amide bonds. The van der Waals surface area contributed by atoms with Gasteiger partial charge in [-0.1, -0.05) is 25.0 Å². The molecule has 102 valence electrons. The minimum atomic E-state index is -0.976. The quantitative estimate of drug-likeness (QED) is 0.605. The lowest BCUT2D eigenvalue weighted by Crippen LogP contribution is -2.50. The number of ether oxygens (including phenoxy) is 1. The van der Waals surface area contributed by atoms with Gasteiger partial charge in [-0.05, 0) is 31.0 Å². The van der Waals surface area contributed by atoms with Crippen molar-refractivity contribution in [2.45, 2.75) is 25.8 Å². The molecule has 1 aromatic carbocycles. The molecule has 0 aromatic heterocycles. The molecule has 0 aliphatic rings. The number of carbonyl (C=O) groups excluding carboxylic acids is 1. The number of rotatable bonds is 6. The molecule has 1 unspecified atom stereocenters. The summed E-state index contributed by atoms with van der Waals surface area (Å²) in [7, 11) is 0. The summed E-state index contributed by atoms with van der Waals surface area (Å²) in [5.41, 5.74) is -0.252. The molecule has 0 spiro atoms. The van der Waals surface area contributed by atoms with Gasteiger partial charge >= 0.3 is 5.97 Å². The highest BCUT2D eigenvalue weighted by atomic mass is 16.5. The maximum atomic E-state index is 12.3. The van der Waals surface area contributed by atoms with Gasteiger partial charge < -0.3 is 9.84 Å². The second-order valence-electron chi connectivity index (χ2n) is 4.08. The van der Waals surface area contributed by atoms with Gasteiger partial charge in [-0.25, -0.2) is 4.79 Å². The molecule has 19 heavy (non-hydrogen) atoms. The van der Waals surface area contributed by atoms with Crippen LogP contribution in [-0.4, -0.2) is 24.2 Å². The highest BCUT2D eigenvalue weighted by molar-refractivity contribution is 5.82. The molecule has 0 aliphatic heterocycles. The standard InChI is InChI=1S/C15H19NO3/c1-4-11-16-15(5-2,14(18)19-6-3)12-7-9-13(17)10-8-12/h1,7-10,16-17H,5-6,11H2,2-3H3. The zero-order valence-corrected chi connectivity index (χ0v) is 11.3. The predicted molar refractivity (Wildman–Crippen MR) is 73.5 cm³/mol. The molecule has 0 saturated carbocycles. The zero-order valence-electron chi connectivity index (χ0n) is 11.3. The molecule has 0 radical (unpaired) electrons. The van der Waals surface area contributed by atoms with Crippen molar-refractivity contribution < 1.29 is 14.6 Å². The summed E-state index contributed by atoms with van der Waals surface area (Å²) in [6.45, 7) is 4.20. The summed E-state index contributed by atoms with van der Waals surface area (Å²) in [6.07, 6.45) is 5.76. The maximum Gasteiger partial charge on any atom is 0.331 e. The van der Waals surface area contributed by atoms with Crippen molar-refractivity contribution >= 4 is 5.97 Å². The van der Waals surface area contributed by atoms with E-state index in [9.17, 15) is 9.90 Å². The van der Waals surface area contributed by atoms with Gasteiger partial charge in [0.2, 0.25) is 0 Å². The molecule has 0 saturated heterocycles. The molecule has 4 heteroatoms. The number of nitrogens with one attached hydrogen (secondary N) is 1. The summed E-state index contributed by atoms with van der Waals surface area (Å²) in [4.78, 5) is 12.3. The molecule has 4 nitrogen and oxygen atoms in total. The van der Waals surface area contributed by atoms with E-state index in [1.165, 1.54) is 12.1 Å². The van der Waals surface area contributed by atoms with Crippen LogP contribution in [0.4, 0.5) is 0 Å². The first-order valence-electron chi connectivity index (χ1n) is 6.26.